The molecule has 3 heterocycles. The number of para-hydroxylation sites is 1. The molecule has 0 bridgehead atoms. The summed E-state index contributed by atoms with van der Waals surface area (Å²) in [5.74, 6) is -0.403. The zero-order chi connectivity index (χ0) is 22.0. The van der Waals surface area contributed by atoms with Crippen LogP contribution in [0.1, 0.15) is 38.6 Å². The second kappa shape index (κ2) is 8.68. The minimum absolute atomic E-state index is 0.156. The molecule has 2 aliphatic heterocycles. The summed E-state index contributed by atoms with van der Waals surface area (Å²) in [5.41, 5.74) is 1.51. The van der Waals surface area contributed by atoms with Gasteiger partial charge >= 0.3 is 0 Å². The largest absolute Gasteiger partial charge is 0.496 e. The quantitative estimate of drug-likeness (QED) is 0.737. The van der Waals surface area contributed by atoms with Crippen LogP contribution in [-0.2, 0) is 9.47 Å². The van der Waals surface area contributed by atoms with Crippen molar-refractivity contribution in [3.05, 3.63) is 46.8 Å². The standard InChI is InChI=1S/C22H27N3O6/c1-15-19(16(2)31-23-15)21(27)24-9-6-11-29-22(13-24)14-25(10-12-30-22)20(26)17-7-4-5-8-18(17)28-3/h4-5,7-8H,6,9-14H2,1-3H3. The van der Waals surface area contributed by atoms with Gasteiger partial charge < -0.3 is 28.5 Å². The normalized spacial score (nSPS) is 21.8. The van der Waals surface area contributed by atoms with E-state index in [4.69, 9.17) is 18.7 Å². The first-order valence-electron chi connectivity index (χ1n) is 10.4. The van der Waals surface area contributed by atoms with Gasteiger partial charge in [0.15, 0.2) is 0 Å². The van der Waals surface area contributed by atoms with E-state index in [1.165, 1.54) is 0 Å². The van der Waals surface area contributed by atoms with Crippen LogP contribution in [0, 0.1) is 13.8 Å². The summed E-state index contributed by atoms with van der Waals surface area (Å²) in [6.45, 7) is 5.60. The Bertz CT molecular complexity index is 954. The fourth-order valence-corrected chi connectivity index (χ4v) is 4.15. The van der Waals surface area contributed by atoms with Crippen LogP contribution >= 0.6 is 0 Å². The minimum atomic E-state index is -1.08. The predicted octanol–water partition coefficient (Wildman–Crippen LogP) is 2.03. The lowest BCUT2D eigenvalue weighted by atomic mass is 10.1. The molecule has 0 saturated carbocycles. The van der Waals surface area contributed by atoms with Crippen molar-refractivity contribution in [2.24, 2.45) is 0 Å². The van der Waals surface area contributed by atoms with Gasteiger partial charge in [-0.1, -0.05) is 17.3 Å². The number of aromatic nitrogens is 1. The summed E-state index contributed by atoms with van der Waals surface area (Å²) < 4.78 is 22.6. The SMILES string of the molecule is COc1ccccc1C(=O)N1CCOC2(C1)CN(C(=O)c1c(C)noc1C)CCCO2. The number of benzene rings is 1. The summed E-state index contributed by atoms with van der Waals surface area (Å²) in [6.07, 6.45) is 0.667. The van der Waals surface area contributed by atoms with E-state index < -0.39 is 5.79 Å². The van der Waals surface area contributed by atoms with Crippen molar-refractivity contribution >= 4 is 11.8 Å². The van der Waals surface area contributed by atoms with Crippen molar-refractivity contribution in [2.45, 2.75) is 26.1 Å². The van der Waals surface area contributed by atoms with Gasteiger partial charge in [0.05, 0.1) is 44.7 Å². The molecule has 0 aliphatic carbocycles. The predicted molar refractivity (Wildman–Crippen MR) is 110 cm³/mol. The molecule has 1 atom stereocenters. The summed E-state index contributed by atoms with van der Waals surface area (Å²) in [5, 5.41) is 3.89. The monoisotopic (exact) mass is 429 g/mol. The Morgan fingerprint density at radius 3 is 2.45 bits per heavy atom. The molecular formula is C22H27N3O6. The van der Waals surface area contributed by atoms with Gasteiger partial charge in [0.2, 0.25) is 5.79 Å². The Hall–Kier alpha value is -2.91. The molecule has 1 aromatic heterocycles. The average molecular weight is 429 g/mol. The van der Waals surface area contributed by atoms with Crippen molar-refractivity contribution in [3.8, 4) is 5.75 Å². The van der Waals surface area contributed by atoms with Gasteiger partial charge in [0, 0.05) is 13.1 Å². The van der Waals surface area contributed by atoms with E-state index in [9.17, 15) is 9.59 Å². The molecule has 2 amide bonds. The van der Waals surface area contributed by atoms with Crippen LogP contribution in [0.4, 0.5) is 0 Å². The van der Waals surface area contributed by atoms with Crippen LogP contribution in [0.2, 0.25) is 0 Å². The summed E-state index contributed by atoms with van der Waals surface area (Å²) >= 11 is 0. The fraction of sp³-hybridized carbons (Fsp3) is 0.500. The fourth-order valence-electron chi connectivity index (χ4n) is 4.15. The molecule has 1 spiro atoms. The number of hydrogen-bond donors (Lipinski definition) is 0. The van der Waals surface area contributed by atoms with Gasteiger partial charge in [-0.2, -0.15) is 0 Å². The number of morpholine rings is 1. The van der Waals surface area contributed by atoms with E-state index in [0.717, 1.165) is 0 Å². The van der Waals surface area contributed by atoms with Crippen LogP contribution in [-0.4, -0.2) is 79.1 Å². The second-order valence-electron chi connectivity index (χ2n) is 7.81. The van der Waals surface area contributed by atoms with E-state index in [0.29, 0.717) is 61.1 Å². The van der Waals surface area contributed by atoms with Crippen LogP contribution in [0.3, 0.4) is 0 Å². The molecular weight excluding hydrogens is 402 g/mol. The van der Waals surface area contributed by atoms with Gasteiger partial charge in [0.25, 0.3) is 11.8 Å². The van der Waals surface area contributed by atoms with Gasteiger partial charge in [-0.05, 0) is 32.4 Å². The van der Waals surface area contributed by atoms with Gasteiger partial charge in [0.1, 0.15) is 17.1 Å². The van der Waals surface area contributed by atoms with Gasteiger partial charge in [-0.25, -0.2) is 0 Å². The molecule has 2 fully saturated rings. The van der Waals surface area contributed by atoms with Gasteiger partial charge in [-0.3, -0.25) is 9.59 Å². The molecule has 166 valence electrons. The number of nitrogens with zero attached hydrogens (tertiary/aromatic N) is 3. The molecule has 1 unspecified atom stereocenters. The summed E-state index contributed by atoms with van der Waals surface area (Å²) in [6, 6.07) is 7.13. The first kappa shape index (κ1) is 21.3. The van der Waals surface area contributed by atoms with Crippen molar-refractivity contribution in [3.63, 3.8) is 0 Å². The number of amides is 2. The molecule has 2 aliphatic rings. The van der Waals surface area contributed by atoms with E-state index >= 15 is 0 Å². The number of rotatable bonds is 3. The molecule has 1 aromatic carbocycles. The number of carbonyl (C=O) groups is 2. The molecule has 2 saturated heterocycles. The highest BCUT2D eigenvalue weighted by Crippen LogP contribution is 2.28. The van der Waals surface area contributed by atoms with E-state index in [-0.39, 0.29) is 24.9 Å². The molecule has 0 N–H and O–H groups in total. The summed E-state index contributed by atoms with van der Waals surface area (Å²) in [4.78, 5) is 29.8. The lowest BCUT2D eigenvalue weighted by Crippen LogP contribution is -2.59. The van der Waals surface area contributed by atoms with Crippen LogP contribution in [0.25, 0.3) is 0 Å². The highest BCUT2D eigenvalue weighted by molar-refractivity contribution is 5.97. The first-order chi connectivity index (χ1) is 14.9. The molecule has 4 rings (SSSR count). The maximum atomic E-state index is 13.2. The molecule has 31 heavy (non-hydrogen) atoms. The highest BCUT2D eigenvalue weighted by atomic mass is 16.7. The third-order valence-corrected chi connectivity index (χ3v) is 5.69. The van der Waals surface area contributed by atoms with Crippen LogP contribution in [0.15, 0.2) is 28.8 Å². The number of hydrogen-bond acceptors (Lipinski definition) is 7. The lowest BCUT2D eigenvalue weighted by Gasteiger charge is -2.43. The Morgan fingerprint density at radius 2 is 1.74 bits per heavy atom. The topological polar surface area (TPSA) is 94.3 Å². The van der Waals surface area contributed by atoms with Crippen LogP contribution in [0.5, 0.6) is 5.75 Å². The smallest absolute Gasteiger partial charge is 0.259 e. The molecule has 9 heteroatoms. The highest BCUT2D eigenvalue weighted by Gasteiger charge is 2.44. The van der Waals surface area contributed by atoms with Crippen molar-refractivity contribution in [2.75, 3.05) is 46.5 Å². The first-order valence-corrected chi connectivity index (χ1v) is 10.4. The average Bonchev–Trinajstić information content (AvgIpc) is 2.99. The van der Waals surface area contributed by atoms with Crippen LogP contribution < -0.4 is 4.74 Å². The second-order valence-corrected chi connectivity index (χ2v) is 7.81. The third kappa shape index (κ3) is 4.15. The van der Waals surface area contributed by atoms with E-state index in [1.54, 1.807) is 49.0 Å². The third-order valence-electron chi connectivity index (χ3n) is 5.69. The Labute approximate surface area is 180 Å². The molecule has 0 radical (unpaired) electrons. The molecule has 2 aromatic rings. The maximum Gasteiger partial charge on any atom is 0.259 e. The van der Waals surface area contributed by atoms with Crippen molar-refractivity contribution < 1.29 is 28.3 Å². The number of methoxy groups -OCH3 is 1. The summed E-state index contributed by atoms with van der Waals surface area (Å²) in [7, 11) is 1.54. The van der Waals surface area contributed by atoms with Crippen molar-refractivity contribution in [1.82, 2.24) is 15.0 Å². The minimum Gasteiger partial charge on any atom is -0.496 e. The number of ether oxygens (including phenoxy) is 3. The zero-order valence-corrected chi connectivity index (χ0v) is 18.1. The Morgan fingerprint density at radius 1 is 1.03 bits per heavy atom. The van der Waals surface area contributed by atoms with E-state index in [2.05, 4.69) is 5.16 Å². The number of aryl methyl sites for hydroxylation is 2. The van der Waals surface area contributed by atoms with Crippen molar-refractivity contribution in [1.29, 1.82) is 0 Å². The maximum absolute atomic E-state index is 13.2. The van der Waals surface area contributed by atoms with E-state index in [1.807, 2.05) is 6.07 Å². The Kier molecular flexibility index (Phi) is 5.97. The zero-order valence-electron chi connectivity index (χ0n) is 18.1. The lowest BCUT2D eigenvalue weighted by molar-refractivity contribution is -0.258. The molecule has 9 nitrogen and oxygen atoms in total. The van der Waals surface area contributed by atoms with Gasteiger partial charge in [-0.15, -0.1) is 0 Å². The number of carbonyl (C=O) groups excluding carboxylic acids is 2. The Balaban J connectivity index is 1.56.